The summed E-state index contributed by atoms with van der Waals surface area (Å²) in [5.74, 6) is 2.13. The predicted octanol–water partition coefficient (Wildman–Crippen LogP) is 3.04. The Morgan fingerprint density at radius 2 is 2.05 bits per heavy atom. The Bertz CT molecular complexity index is 473. The van der Waals surface area contributed by atoms with E-state index in [-0.39, 0.29) is 12.1 Å². The molecule has 4 nitrogen and oxygen atoms in total. The first-order valence-electron chi connectivity index (χ1n) is 7.76. The van der Waals surface area contributed by atoms with Crippen LogP contribution in [-0.4, -0.2) is 29.0 Å². The van der Waals surface area contributed by atoms with Gasteiger partial charge < -0.3 is 10.2 Å². The summed E-state index contributed by atoms with van der Waals surface area (Å²) < 4.78 is 0. The van der Waals surface area contributed by atoms with Crippen LogP contribution in [0.25, 0.3) is 0 Å². The smallest absolute Gasteiger partial charge is 0.317 e. The number of nitrogens with zero attached hydrogens (tertiary/aromatic N) is 2. The van der Waals surface area contributed by atoms with Gasteiger partial charge in [-0.3, -0.25) is 0 Å². The van der Waals surface area contributed by atoms with Gasteiger partial charge in [0.2, 0.25) is 0 Å². The standard InChI is InChI=1S/C15H21N3OS/c19-15(18-8-11-2-1-3-12(11)9-18)17-13(10-4-5-10)14-16-6-7-20-14/h6-7,10-13H,1-5,8-9H2,(H,17,19). The molecule has 2 amide bonds. The van der Waals surface area contributed by atoms with Gasteiger partial charge in [0, 0.05) is 24.7 Å². The summed E-state index contributed by atoms with van der Waals surface area (Å²) in [6, 6.07) is 0.273. The van der Waals surface area contributed by atoms with Crippen LogP contribution >= 0.6 is 11.3 Å². The van der Waals surface area contributed by atoms with Crippen LogP contribution in [0.2, 0.25) is 0 Å². The highest BCUT2D eigenvalue weighted by atomic mass is 32.1. The molecule has 1 aliphatic heterocycles. The third kappa shape index (κ3) is 2.32. The van der Waals surface area contributed by atoms with Crippen LogP contribution in [0, 0.1) is 17.8 Å². The van der Waals surface area contributed by atoms with Gasteiger partial charge in [0.25, 0.3) is 0 Å². The van der Waals surface area contributed by atoms with Gasteiger partial charge in [-0.2, -0.15) is 0 Å². The number of hydrogen-bond donors (Lipinski definition) is 1. The molecule has 0 spiro atoms. The monoisotopic (exact) mass is 291 g/mol. The lowest BCUT2D eigenvalue weighted by Gasteiger charge is -2.22. The van der Waals surface area contributed by atoms with E-state index in [9.17, 15) is 4.79 Å². The fourth-order valence-corrected chi connectivity index (χ4v) is 4.60. The fraction of sp³-hybridized carbons (Fsp3) is 0.733. The maximum atomic E-state index is 12.5. The summed E-state index contributed by atoms with van der Waals surface area (Å²) in [5, 5.41) is 6.31. The van der Waals surface area contributed by atoms with Gasteiger partial charge in [0.05, 0.1) is 6.04 Å². The van der Waals surface area contributed by atoms with E-state index in [2.05, 4.69) is 10.3 Å². The molecule has 3 unspecified atom stereocenters. The molecule has 1 N–H and O–H groups in total. The van der Waals surface area contributed by atoms with Crippen molar-refractivity contribution in [1.82, 2.24) is 15.2 Å². The molecule has 3 atom stereocenters. The quantitative estimate of drug-likeness (QED) is 0.930. The summed E-state index contributed by atoms with van der Waals surface area (Å²) in [5.41, 5.74) is 0. The Hall–Kier alpha value is -1.10. The Kier molecular flexibility index (Phi) is 3.17. The average molecular weight is 291 g/mol. The molecule has 5 heteroatoms. The van der Waals surface area contributed by atoms with Crippen molar-refractivity contribution in [3.05, 3.63) is 16.6 Å². The molecule has 3 aliphatic rings. The molecule has 2 aliphatic carbocycles. The molecule has 108 valence electrons. The third-order valence-corrected chi connectivity index (χ3v) is 5.96. The van der Waals surface area contributed by atoms with Crippen molar-refractivity contribution in [1.29, 1.82) is 0 Å². The van der Waals surface area contributed by atoms with Gasteiger partial charge in [0.15, 0.2) is 0 Å². The maximum absolute atomic E-state index is 12.5. The summed E-state index contributed by atoms with van der Waals surface area (Å²) in [4.78, 5) is 18.9. The molecule has 2 saturated carbocycles. The van der Waals surface area contributed by atoms with Crippen molar-refractivity contribution in [2.24, 2.45) is 17.8 Å². The van der Waals surface area contributed by atoms with Crippen LogP contribution in [0.3, 0.4) is 0 Å². The molecule has 20 heavy (non-hydrogen) atoms. The highest BCUT2D eigenvalue weighted by Crippen LogP contribution is 2.42. The van der Waals surface area contributed by atoms with E-state index in [4.69, 9.17) is 0 Å². The molecule has 1 saturated heterocycles. The molecule has 0 aromatic carbocycles. The zero-order chi connectivity index (χ0) is 13.5. The van der Waals surface area contributed by atoms with Crippen LogP contribution in [0.15, 0.2) is 11.6 Å². The minimum absolute atomic E-state index is 0.131. The van der Waals surface area contributed by atoms with Gasteiger partial charge in [-0.25, -0.2) is 9.78 Å². The van der Waals surface area contributed by atoms with Crippen LogP contribution < -0.4 is 5.32 Å². The number of fused-ring (bicyclic) bond motifs is 1. The number of rotatable bonds is 3. The molecule has 0 radical (unpaired) electrons. The molecule has 1 aromatic rings. The summed E-state index contributed by atoms with van der Waals surface area (Å²) in [6.45, 7) is 1.93. The van der Waals surface area contributed by atoms with Crippen LogP contribution in [0.1, 0.15) is 43.2 Å². The van der Waals surface area contributed by atoms with Crippen LogP contribution in [-0.2, 0) is 0 Å². The van der Waals surface area contributed by atoms with Crippen LogP contribution in [0.4, 0.5) is 4.79 Å². The van der Waals surface area contributed by atoms with E-state index in [1.54, 1.807) is 11.3 Å². The normalized spacial score (nSPS) is 30.3. The average Bonchev–Trinajstić information content (AvgIpc) is 2.86. The van der Waals surface area contributed by atoms with Crippen molar-refractivity contribution in [2.45, 2.75) is 38.1 Å². The number of nitrogens with one attached hydrogen (secondary N) is 1. The summed E-state index contributed by atoms with van der Waals surface area (Å²) >= 11 is 1.66. The summed E-state index contributed by atoms with van der Waals surface area (Å²) in [6.07, 6.45) is 8.25. The summed E-state index contributed by atoms with van der Waals surface area (Å²) in [7, 11) is 0. The second-order valence-electron chi connectivity index (χ2n) is 6.49. The van der Waals surface area contributed by atoms with E-state index in [1.165, 1.54) is 32.1 Å². The SMILES string of the molecule is O=C(NC(c1nccs1)C1CC1)N1CC2CCCC2C1. The van der Waals surface area contributed by atoms with Gasteiger partial charge in [-0.15, -0.1) is 11.3 Å². The van der Waals surface area contributed by atoms with Crippen LogP contribution in [0.5, 0.6) is 0 Å². The van der Waals surface area contributed by atoms with Crippen molar-refractivity contribution in [3.8, 4) is 0 Å². The second-order valence-corrected chi connectivity index (χ2v) is 7.42. The largest absolute Gasteiger partial charge is 0.328 e. The van der Waals surface area contributed by atoms with Gasteiger partial charge in [0.1, 0.15) is 5.01 Å². The zero-order valence-electron chi connectivity index (χ0n) is 11.6. The van der Waals surface area contributed by atoms with Crippen molar-refractivity contribution in [2.75, 3.05) is 13.1 Å². The van der Waals surface area contributed by atoms with E-state index >= 15 is 0 Å². The number of aromatic nitrogens is 1. The molecule has 3 fully saturated rings. The number of carbonyl (C=O) groups is 1. The first kappa shape index (κ1) is 12.6. The highest BCUT2D eigenvalue weighted by molar-refractivity contribution is 7.09. The lowest BCUT2D eigenvalue weighted by atomic mass is 10.0. The minimum Gasteiger partial charge on any atom is -0.328 e. The van der Waals surface area contributed by atoms with Gasteiger partial charge in [-0.05, 0) is 43.4 Å². The molecule has 4 rings (SSSR count). The number of likely N-dealkylation sites (tertiary alicyclic amines) is 1. The van der Waals surface area contributed by atoms with E-state index < -0.39 is 0 Å². The first-order valence-corrected chi connectivity index (χ1v) is 8.64. The van der Waals surface area contributed by atoms with Gasteiger partial charge >= 0.3 is 6.03 Å². The number of urea groups is 1. The molecule has 1 aromatic heterocycles. The Morgan fingerprint density at radius 1 is 1.30 bits per heavy atom. The predicted molar refractivity (Wildman–Crippen MR) is 78.5 cm³/mol. The first-order chi connectivity index (χ1) is 9.81. The number of hydrogen-bond acceptors (Lipinski definition) is 3. The Balaban J connectivity index is 1.41. The second kappa shape index (κ2) is 5.02. The fourth-order valence-electron chi connectivity index (χ4n) is 3.82. The topological polar surface area (TPSA) is 45.2 Å². The number of carbonyl (C=O) groups excluding carboxylic acids is 1. The molecule has 2 heterocycles. The number of thiazole rings is 1. The Labute approximate surface area is 123 Å². The Morgan fingerprint density at radius 3 is 2.65 bits per heavy atom. The van der Waals surface area contributed by atoms with Gasteiger partial charge in [-0.1, -0.05) is 6.42 Å². The molecular formula is C15H21N3OS. The lowest BCUT2D eigenvalue weighted by molar-refractivity contribution is 0.199. The van der Waals surface area contributed by atoms with Crippen molar-refractivity contribution >= 4 is 17.4 Å². The maximum Gasteiger partial charge on any atom is 0.317 e. The van der Waals surface area contributed by atoms with E-state index in [0.717, 1.165) is 29.9 Å². The van der Waals surface area contributed by atoms with E-state index in [1.807, 2.05) is 16.5 Å². The molecule has 0 bridgehead atoms. The molecular weight excluding hydrogens is 270 g/mol. The zero-order valence-corrected chi connectivity index (χ0v) is 12.4. The van der Waals surface area contributed by atoms with Crippen molar-refractivity contribution in [3.63, 3.8) is 0 Å². The number of amides is 2. The highest BCUT2D eigenvalue weighted by Gasteiger charge is 2.40. The minimum atomic E-state index is 0.131. The third-order valence-electron chi connectivity index (χ3n) is 5.10. The van der Waals surface area contributed by atoms with E-state index in [0.29, 0.717) is 5.92 Å². The lowest BCUT2D eigenvalue weighted by Crippen LogP contribution is -2.41. The van der Waals surface area contributed by atoms with Crippen molar-refractivity contribution < 1.29 is 4.79 Å².